The first-order chi connectivity index (χ1) is 59.7. The number of aromatic nitrogens is 4. The molecule has 29 nitrogen and oxygen atoms in total. The Balaban J connectivity index is 0.000000289. The molecule has 9 amide bonds. The number of nitrogens with zero attached hydrogens (tertiary/aromatic N) is 5. The highest BCUT2D eigenvalue weighted by molar-refractivity contribution is 7.14. The van der Waals surface area contributed by atoms with Crippen LogP contribution < -0.4 is 37.6 Å². The van der Waals surface area contributed by atoms with Crippen LogP contribution >= 0.6 is 45.3 Å². The monoisotopic (exact) mass is 1810 g/mol. The number of nitrogens with two attached hydrogens (primary N) is 1. The first-order valence-electron chi connectivity index (χ1n) is 39.5. The Kier molecular flexibility index (Phi) is 40.4. The van der Waals surface area contributed by atoms with Crippen molar-refractivity contribution in [1.29, 1.82) is 11.1 Å². The number of imide groups is 2. The number of amides is 9. The molecule has 0 unspecified atom stereocenters. The zero-order chi connectivity index (χ0) is 92.6. The Bertz CT molecular complexity index is 5530. The van der Waals surface area contributed by atoms with E-state index in [0.717, 1.165) is 74.6 Å². The van der Waals surface area contributed by atoms with Gasteiger partial charge in [-0.15, -0.1) is 45.3 Å². The van der Waals surface area contributed by atoms with Crippen molar-refractivity contribution in [2.45, 2.75) is 172 Å². The molecule has 10 aromatic rings. The molecule has 0 bridgehead atoms. The maximum Gasteiger partial charge on any atom is 0.408 e. The summed E-state index contributed by atoms with van der Waals surface area (Å²) in [6.07, 6.45) is -1.77. The molecule has 2 aliphatic rings. The molecule has 128 heavy (non-hydrogen) atoms. The first-order valence-corrected chi connectivity index (χ1v) is 43.0. The van der Waals surface area contributed by atoms with Crippen LogP contribution in [0.5, 0.6) is 0 Å². The van der Waals surface area contributed by atoms with Gasteiger partial charge in [-0.25, -0.2) is 50.2 Å². The number of aliphatic hydroxyl groups excluding tert-OH is 1. The molecule has 672 valence electrons. The molecule has 6 heterocycles. The highest BCUT2D eigenvalue weighted by Gasteiger charge is 2.35. The van der Waals surface area contributed by atoms with Crippen molar-refractivity contribution in [2.75, 3.05) is 26.2 Å². The van der Waals surface area contributed by atoms with Crippen LogP contribution in [0.15, 0.2) is 168 Å². The lowest BCUT2D eigenvalue weighted by Crippen LogP contribution is -2.34. The van der Waals surface area contributed by atoms with Crippen LogP contribution in [-0.2, 0) is 23.7 Å². The summed E-state index contributed by atoms with van der Waals surface area (Å²) in [4.78, 5) is 128. The second kappa shape index (κ2) is 49.3. The third-order valence-corrected chi connectivity index (χ3v) is 20.6. The number of carbonyl (C=O) groups is 9. The first kappa shape index (κ1) is 105. The van der Waals surface area contributed by atoms with Crippen molar-refractivity contribution < 1.29 is 72.7 Å². The number of ether oxygens (including phenoxy) is 4. The minimum Gasteiger partial charge on any atom is -0.444 e. The Labute approximate surface area is 762 Å². The predicted octanol–water partition coefficient (Wildman–Crippen LogP) is 17.4. The molecule has 4 aromatic heterocycles. The lowest BCUT2D eigenvalue weighted by Gasteiger charge is -2.22. The van der Waals surface area contributed by atoms with Gasteiger partial charge in [0.25, 0.3) is 23.6 Å². The minimum atomic E-state index is -0.559. The van der Waals surface area contributed by atoms with Gasteiger partial charge in [0.15, 0.2) is 0 Å². The fraction of sp³-hybridized carbons (Fsp3) is 0.316. The van der Waals surface area contributed by atoms with E-state index in [1.807, 2.05) is 208 Å². The van der Waals surface area contributed by atoms with Gasteiger partial charge in [0.05, 0.1) is 108 Å². The van der Waals surface area contributed by atoms with Crippen LogP contribution in [0.2, 0.25) is 0 Å². The molecular formula is C95H108N14O15S4. The Morgan fingerprint density at radius 1 is 0.430 bits per heavy atom. The van der Waals surface area contributed by atoms with E-state index in [0.29, 0.717) is 52.4 Å². The van der Waals surface area contributed by atoms with E-state index in [1.54, 1.807) is 81.9 Å². The smallest absolute Gasteiger partial charge is 0.408 e. The largest absolute Gasteiger partial charge is 0.444 e. The molecule has 0 saturated heterocycles. The van der Waals surface area contributed by atoms with Gasteiger partial charge in [-0.3, -0.25) is 34.2 Å². The summed E-state index contributed by atoms with van der Waals surface area (Å²) in [6, 6.07) is 44.3. The Morgan fingerprint density at radius 2 is 0.688 bits per heavy atom. The average molecular weight is 1810 g/mol. The normalized spacial score (nSPS) is 12.3. The van der Waals surface area contributed by atoms with Crippen LogP contribution in [0, 0.1) is 58.4 Å². The van der Waals surface area contributed by atoms with Crippen LogP contribution in [0.1, 0.15) is 236 Å². The fourth-order valence-electron chi connectivity index (χ4n) is 11.4. The van der Waals surface area contributed by atoms with E-state index in [9.17, 15) is 43.2 Å². The second-order valence-corrected chi connectivity index (χ2v) is 35.0. The van der Waals surface area contributed by atoms with Gasteiger partial charge in [-0.05, 0) is 203 Å². The average Bonchev–Trinajstić information content (AvgIpc) is 1.63. The molecule has 12 rings (SSSR count). The van der Waals surface area contributed by atoms with Crippen molar-refractivity contribution in [1.82, 2.24) is 56.7 Å². The third-order valence-electron chi connectivity index (χ3n) is 17.1. The topological polar surface area (TPSA) is 443 Å². The van der Waals surface area contributed by atoms with Crippen molar-refractivity contribution in [3.05, 3.63) is 235 Å². The van der Waals surface area contributed by atoms with E-state index in [4.69, 9.17) is 40.8 Å². The number of carbonyl (C=O) groups excluding carboxylic acids is 9. The van der Waals surface area contributed by atoms with E-state index >= 15 is 0 Å². The minimum absolute atomic E-state index is 0. The molecule has 0 saturated carbocycles. The number of hydrogen-bond donors (Lipinski definition) is 10. The van der Waals surface area contributed by atoms with Crippen LogP contribution in [-0.4, -0.2) is 138 Å². The summed E-state index contributed by atoms with van der Waals surface area (Å²) in [6.45, 7) is 31.5. The molecular weight excluding hydrogens is 1710 g/mol. The molecule has 4 atom stereocenters. The number of nitrogens with one attached hydrogen (secondary N) is 8. The zero-order valence-corrected chi connectivity index (χ0v) is 76.8. The maximum atomic E-state index is 12.5. The van der Waals surface area contributed by atoms with Crippen LogP contribution in [0.25, 0.3) is 41.8 Å². The van der Waals surface area contributed by atoms with E-state index < -0.39 is 46.8 Å². The van der Waals surface area contributed by atoms with Gasteiger partial charge in [-0.2, -0.15) is 0 Å². The number of benzene rings is 6. The quantitative estimate of drug-likeness (QED) is 0.0209. The highest BCUT2D eigenvalue weighted by atomic mass is 32.1. The van der Waals surface area contributed by atoms with Gasteiger partial charge in [0.1, 0.15) is 51.8 Å². The Hall–Kier alpha value is -13.6. The summed E-state index contributed by atoms with van der Waals surface area (Å²) in [5.41, 5.74) is 32.5. The lowest BCUT2D eigenvalue weighted by molar-refractivity contribution is -0.118. The number of rotatable bonds is 14. The molecule has 0 fully saturated rings. The van der Waals surface area contributed by atoms with Gasteiger partial charge in [0, 0.05) is 6.92 Å². The molecule has 0 radical (unpaired) electrons. The highest BCUT2D eigenvalue weighted by Crippen LogP contribution is 2.34. The van der Waals surface area contributed by atoms with E-state index in [-0.39, 0.29) is 79.8 Å². The van der Waals surface area contributed by atoms with Crippen molar-refractivity contribution >= 4 is 99.3 Å². The van der Waals surface area contributed by atoms with Crippen molar-refractivity contribution in [3.8, 4) is 89.1 Å². The summed E-state index contributed by atoms with van der Waals surface area (Å²) < 4.78 is 21.2. The number of alkyl carbamates (subject to hydrolysis) is 4. The summed E-state index contributed by atoms with van der Waals surface area (Å²) in [7, 11) is 0. The van der Waals surface area contributed by atoms with Crippen LogP contribution in [0.3, 0.4) is 0 Å². The predicted molar refractivity (Wildman–Crippen MR) is 500 cm³/mol. The number of thiazole rings is 4. The summed E-state index contributed by atoms with van der Waals surface area (Å²) in [5, 5.41) is 25.0. The number of hydrogen-bond acceptors (Lipinski definition) is 25. The van der Waals surface area contributed by atoms with Gasteiger partial charge >= 0.3 is 24.4 Å². The summed E-state index contributed by atoms with van der Waals surface area (Å²) in [5.74, 6) is 21.7. The molecule has 13 N–H and O–H groups in total. The van der Waals surface area contributed by atoms with Crippen molar-refractivity contribution in [2.24, 2.45) is 5.73 Å². The van der Waals surface area contributed by atoms with Gasteiger partial charge < -0.3 is 61.8 Å². The SMILES string of the molecule is C.CC(=O)NCC#Cc1ncsc1-c1ccc([C@H](C)NC(=O)OC(C)(C)C)cc1.C[C@H](NC(=O)OC(C)(C)C)c1ccc(-c2scnc2C#CCN)cc1.C[C@H](NC(=O)OC(C)(C)C)c1ccc(-c2scnc2C#CCN2C(=O)c3ccccc3C2=O)cc1.C[C@H](NC(=O)OC(C)(C)C)c1ccc(-c2scnc2C#CCO)cc1.N=N.O.O=C1NC(=O)c2ccccc21. The standard InChI is InChI=1S/C27H25N3O4S.C21H25N3O3S.C19H23N3O2S.C19H22N2O3S.C8H5NO2.CH4.H2N2.H2O/c1-17(29-26(33)34-27(2,3)4)18-11-13-19(14-12-18)23-22(28-16-35-23)10-7-15-30-24(31)20-8-5-6-9-21(20)25(30)32;1-14(24-20(26)27-21(3,4)5)16-8-10-17(11-9-16)19-18(23-13-28-19)7-6-12-22-15(2)25;1-13(22-18(23)24-19(2,3)4)14-7-9-15(10-8-14)17-16(6-5-11-20)21-12-25-17;1-13(21-18(23)24-19(2,3)4)14-7-9-15(10-8-14)17-16(6-5-11-22)20-12-25-17;10-7-5-3-1-2-4-6(5)8(11)9-7;;1-2;/h5-6,8-9,11-14,16-17H,15H2,1-4H3,(H,29,33);8-11,13-14H,12H2,1-5H3,(H,22,25)(H,24,26);7-10,12-13H,11,20H2,1-4H3,(H,22,23);7-10,12-13,22H,11H2,1-4H3,(H,21,23);1-4H,(H,9,10,11);1H4;1-2H;1H2/t17-;14-;2*13-;;;;/m0000..../s1. The maximum absolute atomic E-state index is 12.5. The molecule has 6 aromatic carbocycles. The van der Waals surface area contributed by atoms with Gasteiger partial charge in [-0.1, -0.05) is 152 Å². The number of aliphatic hydroxyl groups is 1. The zero-order valence-electron chi connectivity index (χ0n) is 73.5. The third kappa shape index (κ3) is 33.1. The molecule has 0 spiro atoms. The van der Waals surface area contributed by atoms with Gasteiger partial charge in [0.2, 0.25) is 5.91 Å². The second-order valence-electron chi connectivity index (χ2n) is 31.6. The van der Waals surface area contributed by atoms with E-state index in [1.165, 1.54) is 40.9 Å². The van der Waals surface area contributed by atoms with Crippen LogP contribution in [0.4, 0.5) is 19.2 Å². The molecule has 0 aliphatic carbocycles. The fourth-order valence-corrected chi connectivity index (χ4v) is 14.4. The Morgan fingerprint density at radius 3 is 0.945 bits per heavy atom. The lowest BCUT2D eigenvalue weighted by atomic mass is 10.0. The number of fused-ring (bicyclic) bond motifs is 2. The van der Waals surface area contributed by atoms with Crippen molar-refractivity contribution in [3.63, 3.8) is 0 Å². The molecule has 33 heteroatoms. The van der Waals surface area contributed by atoms with E-state index in [2.05, 4.69) is 99.2 Å². The summed E-state index contributed by atoms with van der Waals surface area (Å²) >= 11 is 6.00. The molecule has 2 aliphatic heterocycles.